The standard InChI is InChI=1S/C12H8F3N3O4S/c13-12(14,15)22-8-4-2-1-3-6(8)16-10(21)18-11-17-7(5-23-11)9(19)20/h1-5H,(H,19,20)(H2,16,17,18,21). The van der Waals surface area contributed by atoms with Gasteiger partial charge in [0.25, 0.3) is 0 Å². The van der Waals surface area contributed by atoms with Gasteiger partial charge in [0.2, 0.25) is 0 Å². The Hall–Kier alpha value is -2.82. The molecule has 1 aromatic heterocycles. The molecule has 0 saturated heterocycles. The molecule has 2 amide bonds. The van der Waals surface area contributed by atoms with Crippen molar-refractivity contribution in [3.63, 3.8) is 0 Å². The van der Waals surface area contributed by atoms with Gasteiger partial charge in [0, 0.05) is 5.38 Å². The largest absolute Gasteiger partial charge is 0.573 e. The Bertz CT molecular complexity index is 732. The van der Waals surface area contributed by atoms with Crippen LogP contribution in [0.15, 0.2) is 29.6 Å². The number of nitrogens with zero attached hydrogens (tertiary/aromatic N) is 1. The fraction of sp³-hybridized carbons (Fsp3) is 0.0833. The first-order valence-corrected chi connectivity index (χ1v) is 6.74. The van der Waals surface area contributed by atoms with Crippen molar-refractivity contribution in [2.24, 2.45) is 0 Å². The van der Waals surface area contributed by atoms with Crippen LogP contribution in [0.4, 0.5) is 28.8 Å². The third-order valence-electron chi connectivity index (χ3n) is 2.30. The molecule has 1 aromatic carbocycles. The maximum Gasteiger partial charge on any atom is 0.573 e. The van der Waals surface area contributed by atoms with Crippen molar-refractivity contribution in [3.8, 4) is 5.75 Å². The predicted molar refractivity (Wildman–Crippen MR) is 74.8 cm³/mol. The van der Waals surface area contributed by atoms with Crippen LogP contribution in [0.25, 0.3) is 0 Å². The van der Waals surface area contributed by atoms with Gasteiger partial charge in [0.1, 0.15) is 0 Å². The lowest BCUT2D eigenvalue weighted by atomic mass is 10.3. The quantitative estimate of drug-likeness (QED) is 0.787. The Balaban J connectivity index is 2.06. The summed E-state index contributed by atoms with van der Waals surface area (Å²) < 4.78 is 40.6. The van der Waals surface area contributed by atoms with Crippen molar-refractivity contribution < 1.29 is 32.6 Å². The van der Waals surface area contributed by atoms with E-state index in [1.807, 2.05) is 0 Å². The van der Waals surface area contributed by atoms with E-state index in [1.165, 1.54) is 23.6 Å². The van der Waals surface area contributed by atoms with Gasteiger partial charge < -0.3 is 15.2 Å². The number of carbonyl (C=O) groups excluding carboxylic acids is 1. The van der Waals surface area contributed by atoms with Gasteiger partial charge in [-0.1, -0.05) is 12.1 Å². The van der Waals surface area contributed by atoms with Gasteiger partial charge >= 0.3 is 18.4 Å². The fourth-order valence-corrected chi connectivity index (χ4v) is 2.14. The SMILES string of the molecule is O=C(Nc1nc(C(=O)O)cs1)Nc1ccccc1OC(F)(F)F. The average Bonchev–Trinajstić information content (AvgIpc) is 2.88. The number of halogens is 3. The molecule has 0 unspecified atom stereocenters. The molecule has 7 nitrogen and oxygen atoms in total. The molecule has 0 aliphatic rings. The summed E-state index contributed by atoms with van der Waals surface area (Å²) in [6.07, 6.45) is -4.90. The zero-order chi connectivity index (χ0) is 17.0. The smallest absolute Gasteiger partial charge is 0.476 e. The Morgan fingerprint density at radius 1 is 1.22 bits per heavy atom. The van der Waals surface area contributed by atoms with Crippen molar-refractivity contribution in [1.29, 1.82) is 0 Å². The number of nitrogens with one attached hydrogen (secondary N) is 2. The van der Waals surface area contributed by atoms with Crippen LogP contribution in [0.3, 0.4) is 0 Å². The molecular weight excluding hydrogens is 339 g/mol. The second-order valence-corrected chi connectivity index (χ2v) is 4.82. The maximum atomic E-state index is 12.3. The summed E-state index contributed by atoms with van der Waals surface area (Å²) in [5.41, 5.74) is -0.469. The van der Waals surface area contributed by atoms with E-state index in [0.29, 0.717) is 0 Å². The predicted octanol–water partition coefficient (Wildman–Crippen LogP) is 3.38. The summed E-state index contributed by atoms with van der Waals surface area (Å²) in [4.78, 5) is 26.0. The Morgan fingerprint density at radius 2 is 1.91 bits per heavy atom. The van der Waals surface area contributed by atoms with Gasteiger partial charge in [-0.15, -0.1) is 24.5 Å². The molecule has 23 heavy (non-hydrogen) atoms. The monoisotopic (exact) mass is 347 g/mol. The van der Waals surface area contributed by atoms with Crippen LogP contribution in [0, 0.1) is 0 Å². The van der Waals surface area contributed by atoms with Gasteiger partial charge in [0.05, 0.1) is 5.69 Å². The van der Waals surface area contributed by atoms with E-state index >= 15 is 0 Å². The normalized spacial score (nSPS) is 10.9. The Morgan fingerprint density at radius 3 is 2.52 bits per heavy atom. The minimum atomic E-state index is -4.90. The van der Waals surface area contributed by atoms with E-state index in [2.05, 4.69) is 20.4 Å². The second kappa shape index (κ2) is 6.52. The van der Waals surface area contributed by atoms with Gasteiger partial charge in [-0.2, -0.15) is 0 Å². The van der Waals surface area contributed by atoms with Crippen molar-refractivity contribution in [2.45, 2.75) is 6.36 Å². The highest BCUT2D eigenvalue weighted by Gasteiger charge is 2.32. The van der Waals surface area contributed by atoms with E-state index in [0.717, 1.165) is 17.4 Å². The van der Waals surface area contributed by atoms with Gasteiger partial charge in [-0.05, 0) is 12.1 Å². The number of hydrogen-bond donors (Lipinski definition) is 3. The number of para-hydroxylation sites is 2. The summed E-state index contributed by atoms with van der Waals surface area (Å²) in [5.74, 6) is -1.85. The zero-order valence-corrected chi connectivity index (χ0v) is 11.9. The highest BCUT2D eigenvalue weighted by molar-refractivity contribution is 7.14. The maximum absolute atomic E-state index is 12.3. The van der Waals surface area contributed by atoms with Crippen LogP contribution in [0.2, 0.25) is 0 Å². The molecule has 2 rings (SSSR count). The number of alkyl halides is 3. The van der Waals surface area contributed by atoms with Crippen molar-refractivity contribution >= 4 is 34.2 Å². The molecule has 3 N–H and O–H groups in total. The lowest BCUT2D eigenvalue weighted by Crippen LogP contribution is -2.22. The van der Waals surface area contributed by atoms with E-state index in [-0.39, 0.29) is 16.5 Å². The van der Waals surface area contributed by atoms with Crippen molar-refractivity contribution in [1.82, 2.24) is 4.98 Å². The Kier molecular flexibility index (Phi) is 4.69. The van der Waals surface area contributed by atoms with Gasteiger partial charge in [-0.3, -0.25) is 5.32 Å². The summed E-state index contributed by atoms with van der Waals surface area (Å²) in [7, 11) is 0. The van der Waals surface area contributed by atoms with E-state index in [4.69, 9.17) is 5.11 Å². The summed E-state index contributed by atoms with van der Waals surface area (Å²) in [6.45, 7) is 0. The highest BCUT2D eigenvalue weighted by atomic mass is 32.1. The molecule has 0 fully saturated rings. The van der Waals surface area contributed by atoms with Gasteiger partial charge in [-0.25, -0.2) is 14.6 Å². The summed E-state index contributed by atoms with van der Waals surface area (Å²) in [6, 6.07) is 4.07. The molecule has 1 heterocycles. The molecule has 0 aliphatic heterocycles. The van der Waals surface area contributed by atoms with Crippen molar-refractivity contribution in [2.75, 3.05) is 10.6 Å². The number of carboxylic acid groups (broad SMARTS) is 1. The average molecular weight is 347 g/mol. The number of aromatic carboxylic acids is 1. The molecular formula is C12H8F3N3O4S. The van der Waals surface area contributed by atoms with E-state index in [9.17, 15) is 22.8 Å². The zero-order valence-electron chi connectivity index (χ0n) is 11.0. The number of carboxylic acids is 1. The van der Waals surface area contributed by atoms with Crippen LogP contribution in [0.5, 0.6) is 5.75 Å². The lowest BCUT2D eigenvalue weighted by Gasteiger charge is -2.13. The second-order valence-electron chi connectivity index (χ2n) is 3.97. The molecule has 122 valence electrons. The van der Waals surface area contributed by atoms with Crippen LogP contribution < -0.4 is 15.4 Å². The molecule has 0 aliphatic carbocycles. The third kappa shape index (κ3) is 4.85. The molecule has 0 bridgehead atoms. The van der Waals surface area contributed by atoms with Gasteiger partial charge in [0.15, 0.2) is 16.6 Å². The molecule has 0 atom stereocenters. The number of ether oxygens (including phenoxy) is 1. The molecule has 0 spiro atoms. The van der Waals surface area contributed by atoms with Crippen LogP contribution >= 0.6 is 11.3 Å². The number of benzene rings is 1. The molecule has 11 heteroatoms. The highest BCUT2D eigenvalue weighted by Crippen LogP contribution is 2.30. The number of thiazole rings is 1. The summed E-state index contributed by atoms with van der Waals surface area (Å²) in [5, 5.41) is 14.3. The van der Waals surface area contributed by atoms with E-state index < -0.39 is 24.1 Å². The number of amides is 2. The minimum absolute atomic E-state index is 0.0193. The number of anilines is 2. The number of carbonyl (C=O) groups is 2. The molecule has 0 radical (unpaired) electrons. The number of aromatic nitrogens is 1. The number of hydrogen-bond acceptors (Lipinski definition) is 5. The molecule has 0 saturated carbocycles. The molecule has 2 aromatic rings. The van der Waals surface area contributed by atoms with Crippen LogP contribution in [-0.2, 0) is 0 Å². The first-order valence-electron chi connectivity index (χ1n) is 5.86. The third-order valence-corrected chi connectivity index (χ3v) is 3.06. The number of urea groups is 1. The minimum Gasteiger partial charge on any atom is -0.476 e. The summed E-state index contributed by atoms with van der Waals surface area (Å²) >= 11 is 0.856. The van der Waals surface area contributed by atoms with E-state index in [1.54, 1.807) is 0 Å². The Labute approximate surface area is 130 Å². The number of rotatable bonds is 4. The van der Waals surface area contributed by atoms with Crippen LogP contribution in [-0.4, -0.2) is 28.5 Å². The van der Waals surface area contributed by atoms with Crippen molar-refractivity contribution in [3.05, 3.63) is 35.3 Å². The van der Waals surface area contributed by atoms with Crippen LogP contribution in [0.1, 0.15) is 10.5 Å². The topological polar surface area (TPSA) is 101 Å². The first kappa shape index (κ1) is 16.5. The lowest BCUT2D eigenvalue weighted by molar-refractivity contribution is -0.274. The fourth-order valence-electron chi connectivity index (χ4n) is 1.46. The first-order chi connectivity index (χ1) is 10.7.